The second-order valence-corrected chi connectivity index (χ2v) is 6.71. The molecule has 3 rings (SSSR count). The number of aromatic nitrogens is 1. The van der Waals surface area contributed by atoms with Gasteiger partial charge >= 0.3 is 0 Å². The average Bonchev–Trinajstić information content (AvgIpc) is 2.82. The Bertz CT molecular complexity index is 458. The molecule has 0 bridgehead atoms. The monoisotopic (exact) mass is 292 g/mol. The molecule has 1 aromatic heterocycles. The van der Waals surface area contributed by atoms with E-state index in [-0.39, 0.29) is 0 Å². The molecule has 2 aliphatic carbocycles. The molecule has 0 aromatic carbocycles. The summed E-state index contributed by atoms with van der Waals surface area (Å²) < 4.78 is 11.3. The number of nitrogens with zero attached hydrogens (tertiary/aromatic N) is 1. The van der Waals surface area contributed by atoms with Crippen LogP contribution in [0.3, 0.4) is 0 Å². The average molecular weight is 292 g/mol. The van der Waals surface area contributed by atoms with Gasteiger partial charge in [-0.2, -0.15) is 0 Å². The molecule has 4 heteroatoms. The molecule has 1 aromatic rings. The summed E-state index contributed by atoms with van der Waals surface area (Å²) in [6, 6.07) is 0.586. The fourth-order valence-corrected chi connectivity index (χ4v) is 4.33. The Morgan fingerprint density at radius 1 is 1.29 bits per heavy atom. The van der Waals surface area contributed by atoms with Crippen LogP contribution in [0.1, 0.15) is 62.5 Å². The van der Waals surface area contributed by atoms with Crippen molar-refractivity contribution >= 4 is 0 Å². The third-order valence-corrected chi connectivity index (χ3v) is 5.64. The lowest BCUT2D eigenvalue weighted by Crippen LogP contribution is -2.64. The summed E-state index contributed by atoms with van der Waals surface area (Å²) in [7, 11) is 0. The smallest absolute Gasteiger partial charge is 0.138 e. The van der Waals surface area contributed by atoms with E-state index in [0.29, 0.717) is 17.6 Å². The third kappa shape index (κ3) is 2.64. The van der Waals surface area contributed by atoms with Gasteiger partial charge in [-0.3, -0.25) is 0 Å². The molecule has 1 N–H and O–H groups in total. The van der Waals surface area contributed by atoms with Gasteiger partial charge in [-0.25, -0.2) is 0 Å². The van der Waals surface area contributed by atoms with E-state index >= 15 is 0 Å². The Kier molecular flexibility index (Phi) is 4.36. The quantitative estimate of drug-likeness (QED) is 0.902. The zero-order valence-corrected chi connectivity index (χ0v) is 13.6. The largest absolute Gasteiger partial charge is 0.378 e. The van der Waals surface area contributed by atoms with Gasteiger partial charge in [-0.1, -0.05) is 24.4 Å². The van der Waals surface area contributed by atoms with Gasteiger partial charge in [0.15, 0.2) is 0 Å². The van der Waals surface area contributed by atoms with Crippen molar-refractivity contribution in [2.24, 2.45) is 5.41 Å². The first-order chi connectivity index (χ1) is 10.2. The van der Waals surface area contributed by atoms with Crippen LogP contribution < -0.4 is 5.32 Å². The van der Waals surface area contributed by atoms with Crippen LogP contribution in [0.15, 0.2) is 4.52 Å². The van der Waals surface area contributed by atoms with Crippen LogP contribution in [0.4, 0.5) is 0 Å². The molecule has 21 heavy (non-hydrogen) atoms. The molecule has 118 valence electrons. The zero-order valence-electron chi connectivity index (χ0n) is 13.6. The summed E-state index contributed by atoms with van der Waals surface area (Å²) in [5.41, 5.74) is 2.62. The Hall–Kier alpha value is -0.870. The molecule has 0 aliphatic heterocycles. The summed E-state index contributed by atoms with van der Waals surface area (Å²) in [5.74, 6) is 0.943. The zero-order chi connectivity index (χ0) is 14.9. The standard InChI is InChI=1S/C17H28N2O2/c1-4-20-16-10-15(17(16)8-6-5-7-9-17)18-11-14-12(2)19-21-13(14)3/h15-16,18H,4-11H2,1-3H3. The second kappa shape index (κ2) is 6.09. The first-order valence-corrected chi connectivity index (χ1v) is 8.44. The van der Waals surface area contributed by atoms with Gasteiger partial charge in [0, 0.05) is 30.2 Å². The number of aryl methyl sites for hydroxylation is 2. The number of nitrogens with one attached hydrogen (secondary N) is 1. The van der Waals surface area contributed by atoms with Crippen molar-refractivity contribution in [2.45, 2.75) is 78.0 Å². The van der Waals surface area contributed by atoms with Gasteiger partial charge in [0.1, 0.15) is 5.76 Å². The molecule has 2 fully saturated rings. The first-order valence-electron chi connectivity index (χ1n) is 8.44. The second-order valence-electron chi connectivity index (χ2n) is 6.71. The minimum atomic E-state index is 0.382. The van der Waals surface area contributed by atoms with E-state index in [1.807, 2.05) is 13.8 Å². The van der Waals surface area contributed by atoms with E-state index in [1.54, 1.807) is 0 Å². The van der Waals surface area contributed by atoms with Crippen molar-refractivity contribution in [3.8, 4) is 0 Å². The molecule has 1 spiro atoms. The lowest BCUT2D eigenvalue weighted by Gasteiger charge is -2.58. The van der Waals surface area contributed by atoms with Crippen molar-refractivity contribution in [3.63, 3.8) is 0 Å². The fraction of sp³-hybridized carbons (Fsp3) is 0.824. The maximum absolute atomic E-state index is 6.01. The highest BCUT2D eigenvalue weighted by molar-refractivity contribution is 5.21. The van der Waals surface area contributed by atoms with E-state index in [9.17, 15) is 0 Å². The van der Waals surface area contributed by atoms with E-state index in [1.165, 1.54) is 37.7 Å². The molecule has 1 heterocycles. The van der Waals surface area contributed by atoms with Gasteiger partial charge in [-0.05, 0) is 40.0 Å². The Morgan fingerprint density at radius 3 is 2.67 bits per heavy atom. The molecule has 2 saturated carbocycles. The summed E-state index contributed by atoms with van der Waals surface area (Å²) in [6.07, 6.45) is 8.34. The Labute approximate surface area is 127 Å². The maximum atomic E-state index is 6.01. The van der Waals surface area contributed by atoms with Gasteiger partial charge in [0.2, 0.25) is 0 Å². The first kappa shape index (κ1) is 15.0. The highest BCUT2D eigenvalue weighted by Gasteiger charge is 2.55. The molecule has 2 atom stereocenters. The highest BCUT2D eigenvalue weighted by Crippen LogP contribution is 2.53. The third-order valence-electron chi connectivity index (χ3n) is 5.64. The summed E-state index contributed by atoms with van der Waals surface area (Å²) >= 11 is 0. The Morgan fingerprint density at radius 2 is 2.05 bits per heavy atom. The molecular weight excluding hydrogens is 264 g/mol. The van der Waals surface area contributed by atoms with E-state index < -0.39 is 0 Å². The van der Waals surface area contributed by atoms with E-state index in [0.717, 1.165) is 31.0 Å². The maximum Gasteiger partial charge on any atom is 0.138 e. The molecule has 0 amide bonds. The van der Waals surface area contributed by atoms with Gasteiger partial charge in [-0.15, -0.1) is 0 Å². The minimum absolute atomic E-state index is 0.382. The van der Waals surface area contributed by atoms with Crippen LogP contribution in [0.25, 0.3) is 0 Å². The number of hydrogen-bond acceptors (Lipinski definition) is 4. The molecular formula is C17H28N2O2. The van der Waals surface area contributed by atoms with E-state index in [4.69, 9.17) is 9.26 Å². The molecule has 4 nitrogen and oxygen atoms in total. The topological polar surface area (TPSA) is 47.3 Å². The minimum Gasteiger partial charge on any atom is -0.378 e. The highest BCUT2D eigenvalue weighted by atomic mass is 16.5. The van der Waals surface area contributed by atoms with Crippen LogP contribution in [0, 0.1) is 19.3 Å². The van der Waals surface area contributed by atoms with Gasteiger partial charge in [0.25, 0.3) is 0 Å². The van der Waals surface area contributed by atoms with Gasteiger partial charge < -0.3 is 14.6 Å². The summed E-state index contributed by atoms with van der Waals surface area (Å²) in [5, 5.41) is 7.82. The van der Waals surface area contributed by atoms with Crippen LogP contribution in [-0.2, 0) is 11.3 Å². The SMILES string of the molecule is CCOC1CC(NCc2c(C)noc2C)C12CCCCC2. The lowest BCUT2D eigenvalue weighted by atomic mass is 9.55. The molecule has 0 radical (unpaired) electrons. The fourth-order valence-electron chi connectivity index (χ4n) is 4.33. The Balaban J connectivity index is 1.65. The molecule has 2 unspecified atom stereocenters. The van der Waals surface area contributed by atoms with Crippen molar-refractivity contribution in [3.05, 3.63) is 17.0 Å². The lowest BCUT2D eigenvalue weighted by molar-refractivity contribution is -0.150. The van der Waals surface area contributed by atoms with Crippen LogP contribution in [0.5, 0.6) is 0 Å². The van der Waals surface area contributed by atoms with Crippen molar-refractivity contribution in [1.82, 2.24) is 10.5 Å². The van der Waals surface area contributed by atoms with Crippen LogP contribution in [-0.4, -0.2) is 23.9 Å². The van der Waals surface area contributed by atoms with Crippen LogP contribution in [0.2, 0.25) is 0 Å². The van der Waals surface area contributed by atoms with Gasteiger partial charge in [0.05, 0.1) is 11.8 Å². The number of hydrogen-bond donors (Lipinski definition) is 1. The van der Waals surface area contributed by atoms with Crippen molar-refractivity contribution in [1.29, 1.82) is 0 Å². The van der Waals surface area contributed by atoms with Crippen LogP contribution >= 0.6 is 0 Å². The summed E-state index contributed by atoms with van der Waals surface area (Å²) in [6.45, 7) is 7.83. The molecule has 2 aliphatic rings. The number of rotatable bonds is 5. The predicted molar refractivity (Wildman–Crippen MR) is 82.2 cm³/mol. The van der Waals surface area contributed by atoms with Crippen molar-refractivity contribution in [2.75, 3.05) is 6.61 Å². The normalized spacial score (nSPS) is 27.8. The number of ether oxygens (including phenoxy) is 1. The summed E-state index contributed by atoms with van der Waals surface area (Å²) in [4.78, 5) is 0. The molecule has 0 saturated heterocycles. The van der Waals surface area contributed by atoms with E-state index in [2.05, 4.69) is 17.4 Å². The van der Waals surface area contributed by atoms with Crippen molar-refractivity contribution < 1.29 is 9.26 Å². The predicted octanol–water partition coefficient (Wildman–Crippen LogP) is 3.51.